The van der Waals surface area contributed by atoms with E-state index in [-0.39, 0.29) is 5.92 Å². The van der Waals surface area contributed by atoms with Crippen LogP contribution in [0.2, 0.25) is 0 Å². The van der Waals surface area contributed by atoms with Gasteiger partial charge in [-0.15, -0.1) is 0 Å². The second-order valence-electron chi connectivity index (χ2n) is 9.18. The molecule has 1 atom stereocenters. The molecule has 5 aromatic rings. The Bertz CT molecular complexity index is 1570. The van der Waals surface area contributed by atoms with Gasteiger partial charge < -0.3 is 0 Å². The Morgan fingerprint density at radius 2 is 1.19 bits per heavy atom. The highest BCUT2D eigenvalue weighted by Gasteiger charge is 2.17. The molecule has 0 aliphatic heterocycles. The Morgan fingerprint density at radius 1 is 0.595 bits per heavy atom. The summed E-state index contributed by atoms with van der Waals surface area (Å²) in [5.74, 6) is 0.949. The first-order valence-corrected chi connectivity index (χ1v) is 13.3. The van der Waals surface area contributed by atoms with E-state index in [1.807, 2.05) is 18.2 Å². The number of aromatic nitrogens is 2. The van der Waals surface area contributed by atoms with Crippen LogP contribution in [0.1, 0.15) is 23.6 Å². The van der Waals surface area contributed by atoms with Crippen molar-refractivity contribution in [3.8, 4) is 33.8 Å². The number of nitrogens with zero attached hydrogens (tertiary/aromatic N) is 2. The summed E-state index contributed by atoms with van der Waals surface area (Å²) in [6.45, 7) is 0. The van der Waals surface area contributed by atoms with E-state index in [1.54, 1.807) is 0 Å². The standard InChI is InChI=1S/C34H25BrN2/c35-31-21-19-30(20-22-31)34-36-32(28-15-11-26(12-16-28)24-7-3-1-4-8-24)23-33(37-34)29-17-13-27(14-18-29)25-9-5-2-6-10-25/h1-17,19-23,29H,18H2. The van der Waals surface area contributed by atoms with E-state index in [0.29, 0.717) is 0 Å². The Balaban J connectivity index is 1.36. The van der Waals surface area contributed by atoms with Crippen LogP contribution in [0, 0.1) is 0 Å². The Morgan fingerprint density at radius 3 is 1.84 bits per heavy atom. The van der Waals surface area contributed by atoms with E-state index in [1.165, 1.54) is 22.3 Å². The lowest BCUT2D eigenvalue weighted by molar-refractivity contribution is 0.813. The van der Waals surface area contributed by atoms with Crippen molar-refractivity contribution < 1.29 is 0 Å². The Hall–Kier alpha value is -4.08. The molecule has 37 heavy (non-hydrogen) atoms. The van der Waals surface area contributed by atoms with Gasteiger partial charge in [0.1, 0.15) is 0 Å². The maximum absolute atomic E-state index is 5.04. The van der Waals surface area contributed by atoms with Crippen LogP contribution < -0.4 is 0 Å². The normalized spacial score (nSPS) is 14.8. The average molecular weight is 541 g/mol. The summed E-state index contributed by atoms with van der Waals surface area (Å²) < 4.78 is 1.04. The first kappa shape index (κ1) is 23.3. The molecule has 0 spiro atoms. The number of benzene rings is 4. The zero-order chi connectivity index (χ0) is 25.0. The lowest BCUT2D eigenvalue weighted by Crippen LogP contribution is -2.05. The van der Waals surface area contributed by atoms with E-state index in [4.69, 9.17) is 9.97 Å². The first-order valence-electron chi connectivity index (χ1n) is 12.5. The quantitative estimate of drug-likeness (QED) is 0.222. The summed E-state index contributed by atoms with van der Waals surface area (Å²) in [6, 6.07) is 40.0. The second kappa shape index (κ2) is 10.5. The molecule has 0 bridgehead atoms. The topological polar surface area (TPSA) is 25.8 Å². The molecule has 1 aliphatic rings. The summed E-state index contributed by atoms with van der Waals surface area (Å²) in [7, 11) is 0. The van der Waals surface area contributed by atoms with Gasteiger partial charge in [0.25, 0.3) is 0 Å². The molecule has 4 aromatic carbocycles. The predicted octanol–water partition coefficient (Wildman–Crippen LogP) is 9.37. The third-order valence-electron chi connectivity index (χ3n) is 6.72. The fourth-order valence-electron chi connectivity index (χ4n) is 4.68. The third kappa shape index (κ3) is 5.23. The van der Waals surface area contributed by atoms with E-state index in [2.05, 4.69) is 131 Å². The maximum Gasteiger partial charge on any atom is 0.160 e. The molecule has 1 unspecified atom stereocenters. The molecule has 1 aliphatic carbocycles. The van der Waals surface area contributed by atoms with Crippen molar-refractivity contribution >= 4 is 21.5 Å². The number of allylic oxidation sites excluding steroid dienone is 4. The van der Waals surface area contributed by atoms with E-state index < -0.39 is 0 Å². The number of halogens is 1. The zero-order valence-electron chi connectivity index (χ0n) is 20.3. The highest BCUT2D eigenvalue weighted by atomic mass is 79.9. The molecule has 178 valence electrons. The molecule has 0 saturated carbocycles. The van der Waals surface area contributed by atoms with Gasteiger partial charge in [0.05, 0.1) is 11.4 Å². The summed E-state index contributed by atoms with van der Waals surface area (Å²) in [5.41, 5.74) is 8.98. The van der Waals surface area contributed by atoms with Crippen LogP contribution in [0.15, 0.2) is 138 Å². The largest absolute Gasteiger partial charge is 0.232 e. The molecule has 0 N–H and O–H groups in total. The number of hydrogen-bond donors (Lipinski definition) is 0. The molecule has 1 aromatic heterocycles. The maximum atomic E-state index is 5.04. The third-order valence-corrected chi connectivity index (χ3v) is 7.25. The molecule has 6 rings (SSSR count). The molecular formula is C34H25BrN2. The van der Waals surface area contributed by atoms with Crippen LogP contribution in [-0.2, 0) is 0 Å². The zero-order valence-corrected chi connectivity index (χ0v) is 21.8. The number of hydrogen-bond acceptors (Lipinski definition) is 2. The molecule has 2 nitrogen and oxygen atoms in total. The lowest BCUT2D eigenvalue weighted by Gasteiger charge is -2.18. The molecule has 1 heterocycles. The molecule has 0 radical (unpaired) electrons. The molecule has 0 amide bonds. The fraction of sp³-hybridized carbons (Fsp3) is 0.0588. The predicted molar refractivity (Wildman–Crippen MR) is 157 cm³/mol. The minimum atomic E-state index is 0.201. The van der Waals surface area contributed by atoms with Gasteiger partial charge in [0.2, 0.25) is 0 Å². The lowest BCUT2D eigenvalue weighted by atomic mass is 9.90. The van der Waals surface area contributed by atoms with Gasteiger partial charge in [0, 0.05) is 21.5 Å². The van der Waals surface area contributed by atoms with Crippen molar-refractivity contribution in [3.05, 3.63) is 149 Å². The van der Waals surface area contributed by atoms with E-state index >= 15 is 0 Å². The summed E-state index contributed by atoms with van der Waals surface area (Å²) >= 11 is 3.54. The van der Waals surface area contributed by atoms with Gasteiger partial charge in [-0.2, -0.15) is 0 Å². The Kier molecular flexibility index (Phi) is 6.62. The minimum Gasteiger partial charge on any atom is -0.232 e. The van der Waals surface area contributed by atoms with Crippen LogP contribution >= 0.6 is 15.9 Å². The van der Waals surface area contributed by atoms with Crippen molar-refractivity contribution in [3.63, 3.8) is 0 Å². The van der Waals surface area contributed by atoms with Crippen molar-refractivity contribution in [1.29, 1.82) is 0 Å². The van der Waals surface area contributed by atoms with Gasteiger partial charge in [-0.25, -0.2) is 9.97 Å². The SMILES string of the molecule is Brc1ccc(-c2nc(-c3ccc(-c4ccccc4)cc3)cc(C3C=CC(c4ccccc4)=CC3)n2)cc1. The van der Waals surface area contributed by atoms with E-state index in [9.17, 15) is 0 Å². The van der Waals surface area contributed by atoms with Gasteiger partial charge in [-0.3, -0.25) is 0 Å². The highest BCUT2D eigenvalue weighted by molar-refractivity contribution is 9.10. The van der Waals surface area contributed by atoms with Gasteiger partial charge >= 0.3 is 0 Å². The molecule has 0 saturated heterocycles. The minimum absolute atomic E-state index is 0.201. The molecular weight excluding hydrogens is 516 g/mol. The first-order chi connectivity index (χ1) is 18.2. The summed E-state index contributed by atoms with van der Waals surface area (Å²) in [4.78, 5) is 10.0. The number of rotatable bonds is 5. The van der Waals surface area contributed by atoms with Crippen LogP contribution in [0.25, 0.3) is 39.3 Å². The van der Waals surface area contributed by atoms with Crippen molar-refractivity contribution in [2.75, 3.05) is 0 Å². The monoisotopic (exact) mass is 540 g/mol. The Labute approximate surface area is 226 Å². The van der Waals surface area contributed by atoms with Crippen LogP contribution in [0.5, 0.6) is 0 Å². The van der Waals surface area contributed by atoms with Crippen molar-refractivity contribution in [1.82, 2.24) is 9.97 Å². The smallest absolute Gasteiger partial charge is 0.160 e. The van der Waals surface area contributed by atoms with Crippen LogP contribution in [0.4, 0.5) is 0 Å². The van der Waals surface area contributed by atoms with Gasteiger partial charge in [-0.1, -0.05) is 131 Å². The van der Waals surface area contributed by atoms with Crippen LogP contribution in [0.3, 0.4) is 0 Å². The molecule has 0 fully saturated rings. The van der Waals surface area contributed by atoms with Crippen molar-refractivity contribution in [2.45, 2.75) is 12.3 Å². The average Bonchev–Trinajstić information content (AvgIpc) is 2.98. The fourth-order valence-corrected chi connectivity index (χ4v) is 4.94. The highest BCUT2D eigenvalue weighted by Crippen LogP contribution is 2.33. The van der Waals surface area contributed by atoms with Crippen molar-refractivity contribution in [2.24, 2.45) is 0 Å². The summed E-state index contributed by atoms with van der Waals surface area (Å²) in [5, 5.41) is 0. The van der Waals surface area contributed by atoms with Gasteiger partial charge in [0.15, 0.2) is 5.82 Å². The van der Waals surface area contributed by atoms with Gasteiger partial charge in [-0.05, 0) is 46.9 Å². The molecule has 3 heteroatoms. The van der Waals surface area contributed by atoms with Crippen LogP contribution in [-0.4, -0.2) is 9.97 Å². The second-order valence-corrected chi connectivity index (χ2v) is 10.1. The van der Waals surface area contributed by atoms with E-state index in [0.717, 1.165) is 39.2 Å². The summed E-state index contributed by atoms with van der Waals surface area (Å²) in [6.07, 6.45) is 7.72.